The average molecular weight is 363 g/mol. The van der Waals surface area contributed by atoms with Crippen molar-refractivity contribution in [3.63, 3.8) is 0 Å². The lowest BCUT2D eigenvalue weighted by atomic mass is 10.1. The van der Waals surface area contributed by atoms with Crippen molar-refractivity contribution < 1.29 is 17.3 Å². The molecule has 0 atom stereocenters. The number of halogens is 1. The summed E-state index contributed by atoms with van der Waals surface area (Å²) in [5.41, 5.74) is 1.72. The van der Waals surface area contributed by atoms with Crippen LogP contribution in [0.1, 0.15) is 15.9 Å². The van der Waals surface area contributed by atoms with Crippen molar-refractivity contribution in [1.82, 2.24) is 5.32 Å². The molecule has 1 aliphatic rings. The molecule has 1 aromatic carbocycles. The van der Waals surface area contributed by atoms with Crippen molar-refractivity contribution >= 4 is 28.9 Å². The molecule has 0 radical (unpaired) electrons. The number of rotatable bonds is 7. The molecule has 0 bridgehead atoms. The molecule has 0 saturated heterocycles. The highest BCUT2D eigenvalue weighted by atomic mass is 127. The first-order valence-corrected chi connectivity index (χ1v) is 6.54. The van der Waals surface area contributed by atoms with Gasteiger partial charge in [-0.25, -0.2) is 0 Å². The second kappa shape index (κ2) is 6.91. The standard InChI is InChI=1S/C12H14INO4/c13-18-6-4-16-3-5-17-10-2-1-9-8-14-12(15)11(9)7-10/h1-2,7H,3-6,8H2,(H,14,15). The largest absolute Gasteiger partial charge is 0.491 e. The summed E-state index contributed by atoms with van der Waals surface area (Å²) in [6, 6.07) is 5.55. The van der Waals surface area contributed by atoms with Gasteiger partial charge >= 0.3 is 0 Å². The lowest BCUT2D eigenvalue weighted by Crippen LogP contribution is -2.12. The first kappa shape index (κ1) is 13.6. The van der Waals surface area contributed by atoms with E-state index in [2.05, 4.69) is 5.32 Å². The highest BCUT2D eigenvalue weighted by molar-refractivity contribution is 14.1. The first-order valence-electron chi connectivity index (χ1n) is 5.66. The number of carbonyl (C=O) groups excluding carboxylic acids is 1. The predicted octanol–water partition coefficient (Wildman–Crippen LogP) is 1.69. The van der Waals surface area contributed by atoms with Crippen molar-refractivity contribution in [1.29, 1.82) is 0 Å². The molecular weight excluding hydrogens is 349 g/mol. The van der Waals surface area contributed by atoms with Crippen molar-refractivity contribution in [2.24, 2.45) is 0 Å². The van der Waals surface area contributed by atoms with E-state index >= 15 is 0 Å². The molecule has 0 unspecified atom stereocenters. The molecule has 6 heteroatoms. The predicted molar refractivity (Wildman–Crippen MR) is 73.9 cm³/mol. The third-order valence-electron chi connectivity index (χ3n) is 2.57. The summed E-state index contributed by atoms with van der Waals surface area (Å²) in [6.45, 7) is 2.69. The van der Waals surface area contributed by atoms with Crippen molar-refractivity contribution in [2.45, 2.75) is 6.54 Å². The van der Waals surface area contributed by atoms with E-state index in [0.29, 0.717) is 44.3 Å². The summed E-state index contributed by atoms with van der Waals surface area (Å²) in [4.78, 5) is 11.5. The molecule has 5 nitrogen and oxygen atoms in total. The highest BCUT2D eigenvalue weighted by Gasteiger charge is 2.18. The van der Waals surface area contributed by atoms with Crippen LogP contribution in [0.2, 0.25) is 0 Å². The fourth-order valence-electron chi connectivity index (χ4n) is 1.69. The van der Waals surface area contributed by atoms with Crippen LogP contribution in [-0.4, -0.2) is 32.3 Å². The van der Waals surface area contributed by atoms with Crippen LogP contribution in [0.25, 0.3) is 0 Å². The monoisotopic (exact) mass is 363 g/mol. The van der Waals surface area contributed by atoms with E-state index in [1.54, 1.807) is 6.07 Å². The molecule has 1 amide bonds. The Kier molecular flexibility index (Phi) is 5.21. The topological polar surface area (TPSA) is 56.8 Å². The van der Waals surface area contributed by atoms with Gasteiger partial charge in [-0.3, -0.25) is 4.79 Å². The molecule has 0 saturated carbocycles. The molecule has 1 aliphatic heterocycles. The summed E-state index contributed by atoms with van der Waals surface area (Å²) in [5, 5.41) is 2.77. The quantitative estimate of drug-likeness (QED) is 0.592. The molecule has 0 spiro atoms. The summed E-state index contributed by atoms with van der Waals surface area (Å²) < 4.78 is 15.6. The smallest absolute Gasteiger partial charge is 0.252 e. The van der Waals surface area contributed by atoms with Gasteiger partial charge in [0.1, 0.15) is 35.4 Å². The van der Waals surface area contributed by atoms with Crippen LogP contribution in [0, 0.1) is 0 Å². The summed E-state index contributed by atoms with van der Waals surface area (Å²) in [6.07, 6.45) is 0. The number of amides is 1. The van der Waals surface area contributed by atoms with E-state index in [4.69, 9.17) is 12.5 Å². The molecule has 98 valence electrons. The maximum Gasteiger partial charge on any atom is 0.252 e. The van der Waals surface area contributed by atoms with Crippen LogP contribution in [-0.2, 0) is 14.3 Å². The Morgan fingerprint density at radius 1 is 1.22 bits per heavy atom. The van der Waals surface area contributed by atoms with Gasteiger partial charge in [0.15, 0.2) is 0 Å². The number of hydrogen-bond donors (Lipinski definition) is 1. The molecule has 1 N–H and O–H groups in total. The molecule has 1 aromatic rings. The third kappa shape index (κ3) is 3.56. The minimum Gasteiger partial charge on any atom is -0.491 e. The van der Waals surface area contributed by atoms with Gasteiger partial charge in [0.25, 0.3) is 5.91 Å². The molecule has 0 aliphatic carbocycles. The molecular formula is C12H14INO4. The Morgan fingerprint density at radius 3 is 2.89 bits per heavy atom. The van der Waals surface area contributed by atoms with E-state index in [1.165, 1.54) is 0 Å². The Balaban J connectivity index is 1.77. The zero-order valence-corrected chi connectivity index (χ0v) is 11.9. The number of hydrogen-bond acceptors (Lipinski definition) is 4. The van der Waals surface area contributed by atoms with Gasteiger partial charge in [-0.1, -0.05) is 6.07 Å². The maximum atomic E-state index is 11.5. The first-order chi connectivity index (χ1) is 8.81. The molecule has 2 rings (SSSR count). The van der Waals surface area contributed by atoms with Crippen molar-refractivity contribution in [3.05, 3.63) is 29.3 Å². The molecule has 1 heterocycles. The summed E-state index contributed by atoms with van der Waals surface area (Å²) in [5.74, 6) is 0.658. The van der Waals surface area contributed by atoms with Crippen molar-refractivity contribution in [3.8, 4) is 5.75 Å². The summed E-state index contributed by atoms with van der Waals surface area (Å²) >= 11 is 1.83. The van der Waals surface area contributed by atoms with Gasteiger partial charge in [0.2, 0.25) is 0 Å². The van der Waals surface area contributed by atoms with Gasteiger partial charge in [0.05, 0.1) is 19.8 Å². The second-order valence-corrected chi connectivity index (χ2v) is 4.40. The van der Waals surface area contributed by atoms with E-state index in [0.717, 1.165) is 5.56 Å². The zero-order chi connectivity index (χ0) is 12.8. The fraction of sp³-hybridized carbons (Fsp3) is 0.417. The lowest BCUT2D eigenvalue weighted by molar-refractivity contribution is 0.0853. The molecule has 0 aromatic heterocycles. The maximum absolute atomic E-state index is 11.5. The molecule has 0 fully saturated rings. The Hall–Kier alpha value is -0.860. The molecule has 18 heavy (non-hydrogen) atoms. The van der Waals surface area contributed by atoms with E-state index in [9.17, 15) is 4.79 Å². The lowest BCUT2D eigenvalue weighted by Gasteiger charge is -2.07. The minimum atomic E-state index is -0.0362. The number of fused-ring (bicyclic) bond motifs is 1. The Bertz CT molecular complexity index is 425. The van der Waals surface area contributed by atoms with Crippen LogP contribution in [0.15, 0.2) is 18.2 Å². The number of ether oxygens (including phenoxy) is 2. The van der Waals surface area contributed by atoms with Gasteiger partial charge in [-0.05, 0) is 17.7 Å². The minimum absolute atomic E-state index is 0.0362. The number of nitrogens with one attached hydrogen (secondary N) is 1. The van der Waals surface area contributed by atoms with Crippen LogP contribution < -0.4 is 10.1 Å². The van der Waals surface area contributed by atoms with E-state index < -0.39 is 0 Å². The van der Waals surface area contributed by atoms with Gasteiger partial charge in [-0.15, -0.1) is 0 Å². The van der Waals surface area contributed by atoms with Gasteiger partial charge in [-0.2, -0.15) is 0 Å². The zero-order valence-electron chi connectivity index (χ0n) is 9.78. The van der Waals surface area contributed by atoms with Crippen LogP contribution in [0.3, 0.4) is 0 Å². The SMILES string of the molecule is O=C1NCc2ccc(OCCOCCOI)cc21. The van der Waals surface area contributed by atoms with Crippen LogP contribution >= 0.6 is 23.0 Å². The van der Waals surface area contributed by atoms with E-state index in [1.807, 2.05) is 35.1 Å². The van der Waals surface area contributed by atoms with Gasteiger partial charge in [0, 0.05) is 12.1 Å². The van der Waals surface area contributed by atoms with Crippen LogP contribution in [0.5, 0.6) is 5.75 Å². The number of benzene rings is 1. The Morgan fingerprint density at radius 2 is 2.06 bits per heavy atom. The van der Waals surface area contributed by atoms with Gasteiger partial charge < -0.3 is 17.9 Å². The van der Waals surface area contributed by atoms with E-state index in [-0.39, 0.29) is 5.91 Å². The third-order valence-corrected chi connectivity index (χ3v) is 3.01. The Labute approximate surface area is 119 Å². The second-order valence-electron chi connectivity index (χ2n) is 3.78. The fourth-order valence-corrected chi connectivity index (χ4v) is 1.87. The van der Waals surface area contributed by atoms with Crippen LogP contribution in [0.4, 0.5) is 0 Å². The highest BCUT2D eigenvalue weighted by Crippen LogP contribution is 2.21. The summed E-state index contributed by atoms with van der Waals surface area (Å²) in [7, 11) is 0. The normalized spacial score (nSPS) is 13.3. The average Bonchev–Trinajstić information content (AvgIpc) is 2.75. The van der Waals surface area contributed by atoms with Crippen molar-refractivity contribution in [2.75, 3.05) is 26.4 Å². The number of carbonyl (C=O) groups is 1.